The van der Waals surface area contributed by atoms with E-state index in [1.54, 1.807) is 0 Å². The molecule has 3 rings (SSSR count). The Morgan fingerprint density at radius 2 is 2.30 bits per heavy atom. The Hall–Kier alpha value is -0.490. The van der Waals surface area contributed by atoms with Crippen molar-refractivity contribution in [3.63, 3.8) is 0 Å². The summed E-state index contributed by atoms with van der Waals surface area (Å²) in [5, 5.41) is 5.11. The van der Waals surface area contributed by atoms with Crippen LogP contribution in [0, 0.1) is 11.4 Å². The molecular weight excluding hydrogens is 288 g/mol. The number of nitrogens with zero attached hydrogens (tertiary/aromatic N) is 3. The Morgan fingerprint density at radius 1 is 1.40 bits per heavy atom. The summed E-state index contributed by atoms with van der Waals surface area (Å²) in [5.74, 6) is 2.34. The van der Waals surface area contributed by atoms with Gasteiger partial charge in [0, 0.05) is 5.92 Å². The Bertz CT molecular complexity index is 475. The van der Waals surface area contributed by atoms with Gasteiger partial charge in [-0.25, -0.2) is 5.53 Å². The zero-order valence-corrected chi connectivity index (χ0v) is 13.6. The number of fused-ring (bicyclic) bond motifs is 2. The van der Waals surface area contributed by atoms with Gasteiger partial charge in [0.25, 0.3) is 0 Å². The third kappa shape index (κ3) is 2.64. The van der Waals surface area contributed by atoms with Crippen LogP contribution in [0.5, 0.6) is 0 Å². The lowest BCUT2D eigenvalue weighted by Crippen LogP contribution is -2.21. The molecule has 0 spiro atoms. The first-order valence-electron chi connectivity index (χ1n) is 7.62. The van der Waals surface area contributed by atoms with Gasteiger partial charge in [0.1, 0.15) is 5.03 Å². The Balaban J connectivity index is 1.66. The van der Waals surface area contributed by atoms with E-state index in [-0.39, 0.29) is 5.54 Å². The largest absolute Gasteiger partial charge is 0.209 e. The van der Waals surface area contributed by atoms with Crippen LogP contribution in [0.4, 0.5) is 0 Å². The number of hydrogen-bond donors (Lipinski definition) is 1. The average Bonchev–Trinajstić information content (AvgIpc) is 3.17. The standard InChI is InChI=1S/C14H22N4S2/c1-2-3-4-7-19-13-12(16-20-17-13)11-9-14(18-15)6-5-10(11)8-14/h10-11,15H,2-9H2,1H3. The van der Waals surface area contributed by atoms with Crippen LogP contribution in [0.1, 0.15) is 63.5 Å². The van der Waals surface area contributed by atoms with Crippen molar-refractivity contribution in [3.8, 4) is 0 Å². The first-order chi connectivity index (χ1) is 9.78. The Kier molecular flexibility index (Phi) is 4.40. The molecule has 3 atom stereocenters. The highest BCUT2D eigenvalue weighted by molar-refractivity contribution is 7.99. The van der Waals surface area contributed by atoms with Crippen LogP contribution in [0.2, 0.25) is 0 Å². The monoisotopic (exact) mass is 310 g/mol. The van der Waals surface area contributed by atoms with Crippen LogP contribution in [0.3, 0.4) is 0 Å². The number of thioether (sulfide) groups is 1. The molecule has 2 aliphatic rings. The maximum absolute atomic E-state index is 7.49. The lowest BCUT2D eigenvalue weighted by atomic mass is 9.84. The van der Waals surface area contributed by atoms with Crippen molar-refractivity contribution in [1.29, 1.82) is 5.53 Å². The SMILES string of the molecule is CCCCCSc1nsnc1C1CC2(N=N)CCC1C2. The number of rotatable bonds is 7. The van der Waals surface area contributed by atoms with Crippen molar-refractivity contribution in [2.24, 2.45) is 11.0 Å². The summed E-state index contributed by atoms with van der Waals surface area (Å²) >= 11 is 3.23. The number of unbranched alkanes of at least 4 members (excludes halogenated alkanes) is 2. The molecular formula is C14H22N4S2. The molecule has 0 radical (unpaired) electrons. The van der Waals surface area contributed by atoms with Gasteiger partial charge in [-0.2, -0.15) is 13.9 Å². The summed E-state index contributed by atoms with van der Waals surface area (Å²) in [7, 11) is 0. The zero-order valence-electron chi connectivity index (χ0n) is 12.0. The molecule has 4 nitrogen and oxygen atoms in total. The third-order valence-corrected chi connectivity index (χ3v) is 6.57. The second kappa shape index (κ2) is 6.10. The highest BCUT2D eigenvalue weighted by Crippen LogP contribution is 2.57. The maximum atomic E-state index is 7.49. The molecule has 2 fully saturated rings. The van der Waals surface area contributed by atoms with Gasteiger partial charge in [0.2, 0.25) is 0 Å². The predicted octanol–water partition coefficient (Wildman–Crippen LogP) is 4.88. The maximum Gasteiger partial charge on any atom is 0.134 e. The first kappa shape index (κ1) is 14.4. The molecule has 0 aliphatic heterocycles. The van der Waals surface area contributed by atoms with Crippen LogP contribution >= 0.6 is 23.5 Å². The van der Waals surface area contributed by atoms with Crippen molar-refractivity contribution < 1.29 is 0 Å². The third-order valence-electron chi connectivity index (χ3n) is 4.85. The van der Waals surface area contributed by atoms with E-state index in [1.807, 2.05) is 11.8 Å². The molecule has 110 valence electrons. The van der Waals surface area contributed by atoms with E-state index in [4.69, 9.17) is 5.53 Å². The summed E-state index contributed by atoms with van der Waals surface area (Å²) < 4.78 is 9.09. The van der Waals surface area contributed by atoms with Crippen LogP contribution in [-0.2, 0) is 0 Å². The van der Waals surface area contributed by atoms with Crippen LogP contribution in [0.25, 0.3) is 0 Å². The van der Waals surface area contributed by atoms with Crippen LogP contribution in [-0.4, -0.2) is 20.0 Å². The number of aromatic nitrogens is 2. The summed E-state index contributed by atoms with van der Waals surface area (Å²) in [5.41, 5.74) is 8.65. The fourth-order valence-electron chi connectivity index (χ4n) is 3.75. The summed E-state index contributed by atoms with van der Waals surface area (Å²) in [6.45, 7) is 2.24. The van der Waals surface area contributed by atoms with E-state index in [1.165, 1.54) is 43.1 Å². The van der Waals surface area contributed by atoms with Crippen molar-refractivity contribution in [2.45, 2.75) is 68.4 Å². The van der Waals surface area contributed by atoms with Gasteiger partial charge in [-0.15, -0.1) is 11.8 Å². The predicted molar refractivity (Wildman–Crippen MR) is 82.7 cm³/mol. The van der Waals surface area contributed by atoms with E-state index >= 15 is 0 Å². The summed E-state index contributed by atoms with van der Waals surface area (Å²) in [6.07, 6.45) is 8.26. The minimum absolute atomic E-state index is 0.0525. The second-order valence-corrected chi connectivity index (χ2v) is 7.77. The number of hydrogen-bond acceptors (Lipinski definition) is 6. The van der Waals surface area contributed by atoms with Gasteiger partial charge >= 0.3 is 0 Å². The quantitative estimate of drug-likeness (QED) is 0.443. The van der Waals surface area contributed by atoms with Gasteiger partial charge in [-0.3, -0.25) is 0 Å². The molecule has 2 aliphatic carbocycles. The smallest absolute Gasteiger partial charge is 0.134 e. The van der Waals surface area contributed by atoms with Crippen molar-refractivity contribution in [1.82, 2.24) is 8.75 Å². The first-order valence-corrected chi connectivity index (χ1v) is 9.33. The topological polar surface area (TPSA) is 62.0 Å². The molecule has 1 aromatic rings. The molecule has 0 saturated heterocycles. The van der Waals surface area contributed by atoms with Crippen LogP contribution in [0.15, 0.2) is 10.1 Å². The fraction of sp³-hybridized carbons (Fsp3) is 0.857. The molecule has 2 saturated carbocycles. The molecule has 3 unspecified atom stereocenters. The fourth-order valence-corrected chi connectivity index (χ4v) is 5.53. The molecule has 1 aromatic heterocycles. The lowest BCUT2D eigenvalue weighted by Gasteiger charge is -2.24. The molecule has 2 bridgehead atoms. The number of nitrogens with one attached hydrogen (secondary N) is 1. The Labute approximate surface area is 129 Å². The van der Waals surface area contributed by atoms with Crippen molar-refractivity contribution in [2.75, 3.05) is 5.75 Å². The summed E-state index contributed by atoms with van der Waals surface area (Å²) in [6, 6.07) is 0. The average molecular weight is 310 g/mol. The molecule has 20 heavy (non-hydrogen) atoms. The normalized spacial score (nSPS) is 31.9. The minimum atomic E-state index is -0.0525. The van der Waals surface area contributed by atoms with Gasteiger partial charge in [-0.1, -0.05) is 19.8 Å². The van der Waals surface area contributed by atoms with Crippen LogP contribution < -0.4 is 0 Å². The second-order valence-electron chi connectivity index (χ2n) is 6.16. The van der Waals surface area contributed by atoms with Gasteiger partial charge in [0.15, 0.2) is 0 Å². The molecule has 1 N–H and O–H groups in total. The van der Waals surface area contributed by atoms with Crippen molar-refractivity contribution in [3.05, 3.63) is 5.69 Å². The Morgan fingerprint density at radius 3 is 3.05 bits per heavy atom. The van der Waals surface area contributed by atoms with Gasteiger partial charge < -0.3 is 0 Å². The molecule has 0 aromatic carbocycles. The van der Waals surface area contributed by atoms with Gasteiger partial charge in [-0.05, 0) is 43.8 Å². The lowest BCUT2D eigenvalue weighted by molar-refractivity contribution is 0.361. The van der Waals surface area contributed by atoms with Gasteiger partial charge in [0.05, 0.1) is 23.0 Å². The highest BCUT2D eigenvalue weighted by Gasteiger charge is 2.52. The minimum Gasteiger partial charge on any atom is -0.209 e. The van der Waals surface area contributed by atoms with Crippen molar-refractivity contribution >= 4 is 23.5 Å². The molecule has 0 amide bonds. The van der Waals surface area contributed by atoms with E-state index in [9.17, 15) is 0 Å². The summed E-state index contributed by atoms with van der Waals surface area (Å²) in [4.78, 5) is 0. The zero-order chi connectivity index (χ0) is 14.0. The highest BCUT2D eigenvalue weighted by atomic mass is 32.2. The van der Waals surface area contributed by atoms with E-state index < -0.39 is 0 Å². The molecule has 6 heteroatoms. The van der Waals surface area contributed by atoms with E-state index in [0.717, 1.165) is 30.0 Å². The molecule has 1 heterocycles. The van der Waals surface area contributed by atoms with E-state index in [0.29, 0.717) is 11.8 Å². The van der Waals surface area contributed by atoms with E-state index in [2.05, 4.69) is 20.8 Å².